The van der Waals surface area contributed by atoms with Gasteiger partial charge in [-0.3, -0.25) is 0 Å². The molecule has 0 aliphatic rings. The summed E-state index contributed by atoms with van der Waals surface area (Å²) in [5, 5.41) is 4.61. The highest BCUT2D eigenvalue weighted by atomic mass is 19.4. The van der Waals surface area contributed by atoms with Crippen LogP contribution in [-0.2, 0) is 12.6 Å². The maximum Gasteiger partial charge on any atom is 0.416 e. The number of aromatic nitrogens is 1. The Kier molecular flexibility index (Phi) is 5.59. The second-order valence-electron chi connectivity index (χ2n) is 7.67. The van der Waals surface area contributed by atoms with Gasteiger partial charge >= 0.3 is 6.18 Å². The fourth-order valence-electron chi connectivity index (χ4n) is 3.66. The molecule has 0 aliphatic heterocycles. The Morgan fingerprint density at radius 1 is 0.935 bits per heavy atom. The lowest BCUT2D eigenvalue weighted by Crippen LogP contribution is -2.14. The minimum Gasteiger partial charge on any atom is -0.385 e. The Hall–Kier alpha value is -3.47. The van der Waals surface area contributed by atoms with Crippen LogP contribution in [0.5, 0.6) is 0 Å². The van der Waals surface area contributed by atoms with Crippen LogP contribution >= 0.6 is 0 Å². The summed E-state index contributed by atoms with van der Waals surface area (Å²) in [6, 6.07) is 19.2. The molecule has 0 bridgehead atoms. The van der Waals surface area contributed by atoms with Gasteiger partial charge in [0, 0.05) is 29.3 Å². The number of fused-ring (bicyclic) bond motifs is 1. The molecule has 2 nitrogen and oxygen atoms in total. The van der Waals surface area contributed by atoms with Gasteiger partial charge in [0.1, 0.15) is 0 Å². The second kappa shape index (κ2) is 8.34. The highest BCUT2D eigenvalue weighted by molar-refractivity contribution is 5.83. The first-order chi connectivity index (χ1) is 14.8. The summed E-state index contributed by atoms with van der Waals surface area (Å²) in [6.07, 6.45) is -1.41. The molecule has 3 aromatic carbocycles. The van der Waals surface area contributed by atoms with Crippen LogP contribution in [-0.4, -0.2) is 11.5 Å². The summed E-state index contributed by atoms with van der Waals surface area (Å²) in [5.41, 5.74) is 6.36. The Bertz CT molecular complexity index is 1200. The van der Waals surface area contributed by atoms with Crippen molar-refractivity contribution >= 4 is 16.6 Å². The normalized spacial score (nSPS) is 11.6. The van der Waals surface area contributed by atoms with Gasteiger partial charge in [0.2, 0.25) is 0 Å². The molecule has 0 radical (unpaired) electrons. The van der Waals surface area contributed by atoms with E-state index in [1.165, 1.54) is 28.6 Å². The zero-order valence-electron chi connectivity index (χ0n) is 17.2. The van der Waals surface area contributed by atoms with E-state index in [9.17, 15) is 13.2 Å². The monoisotopic (exact) mass is 420 g/mol. The molecule has 0 saturated heterocycles. The van der Waals surface area contributed by atoms with Crippen LogP contribution in [0, 0.1) is 6.92 Å². The van der Waals surface area contributed by atoms with E-state index in [4.69, 9.17) is 0 Å². The molecule has 0 aliphatic carbocycles. The van der Waals surface area contributed by atoms with Gasteiger partial charge in [0.25, 0.3) is 0 Å². The topological polar surface area (TPSA) is 27.8 Å². The minimum absolute atomic E-state index is 0.643. The smallest absolute Gasteiger partial charge is 0.385 e. The number of alkyl halides is 3. The average Bonchev–Trinajstić information content (AvgIpc) is 3.15. The third-order valence-electron chi connectivity index (χ3n) is 5.43. The van der Waals surface area contributed by atoms with Crippen molar-refractivity contribution in [1.29, 1.82) is 0 Å². The maximum absolute atomic E-state index is 12.7. The van der Waals surface area contributed by atoms with Crippen molar-refractivity contribution in [3.8, 4) is 11.1 Å². The maximum atomic E-state index is 12.7. The molecule has 2 N–H and O–H groups in total. The Morgan fingerprint density at radius 2 is 1.58 bits per heavy atom. The van der Waals surface area contributed by atoms with Gasteiger partial charge in [0.15, 0.2) is 0 Å². The average molecular weight is 420 g/mol. The first-order valence-electron chi connectivity index (χ1n) is 10.1. The Morgan fingerprint density at radius 3 is 2.23 bits per heavy atom. The van der Waals surface area contributed by atoms with E-state index in [2.05, 4.69) is 42.0 Å². The van der Waals surface area contributed by atoms with Gasteiger partial charge in [0.05, 0.1) is 5.56 Å². The zero-order chi connectivity index (χ0) is 22.0. The zero-order valence-corrected chi connectivity index (χ0v) is 17.2. The number of aromatic amines is 1. The van der Waals surface area contributed by atoms with Crippen molar-refractivity contribution in [3.05, 3.63) is 102 Å². The van der Waals surface area contributed by atoms with E-state index in [1.807, 2.05) is 30.5 Å². The Balaban J connectivity index is 1.37. The van der Waals surface area contributed by atoms with E-state index in [0.29, 0.717) is 0 Å². The van der Waals surface area contributed by atoms with Gasteiger partial charge in [-0.15, -0.1) is 0 Å². The summed E-state index contributed by atoms with van der Waals surface area (Å²) in [4.78, 5) is 3.31. The van der Waals surface area contributed by atoms with Crippen molar-refractivity contribution in [2.24, 2.45) is 0 Å². The lowest BCUT2D eigenvalue weighted by molar-refractivity contribution is -0.137. The number of halogens is 3. The highest BCUT2D eigenvalue weighted by Crippen LogP contribution is 2.31. The molecular formula is C26H23F3N2. The van der Waals surface area contributed by atoms with Gasteiger partial charge in [-0.25, -0.2) is 0 Å². The summed E-state index contributed by atoms with van der Waals surface area (Å²) in [5.74, 6) is 0. The van der Waals surface area contributed by atoms with Crippen LogP contribution in [0.4, 0.5) is 13.2 Å². The number of H-pyrrole nitrogens is 1. The summed E-state index contributed by atoms with van der Waals surface area (Å²) in [6.45, 7) is 6.96. The number of nitrogens with one attached hydrogen (secondary N) is 2. The fourth-order valence-corrected chi connectivity index (χ4v) is 3.66. The SMILES string of the molecule is C=C(NCCc1c[nH]c2ccc(C)cc12)c1ccc(-c2ccc(C(F)(F)F)cc2)cc1. The first-order valence-corrected chi connectivity index (χ1v) is 10.1. The summed E-state index contributed by atoms with van der Waals surface area (Å²) >= 11 is 0. The molecule has 0 unspecified atom stereocenters. The van der Waals surface area contributed by atoms with Gasteiger partial charge in [-0.1, -0.05) is 54.6 Å². The van der Waals surface area contributed by atoms with Gasteiger partial charge in [-0.05, 0) is 59.9 Å². The van der Waals surface area contributed by atoms with Crippen LogP contribution < -0.4 is 5.32 Å². The molecule has 0 atom stereocenters. The van der Waals surface area contributed by atoms with E-state index < -0.39 is 11.7 Å². The predicted molar refractivity (Wildman–Crippen MR) is 121 cm³/mol. The number of hydrogen-bond acceptors (Lipinski definition) is 1. The third kappa shape index (κ3) is 4.66. The standard InChI is InChI=1S/C26H23F3N2/c1-17-3-12-25-24(15-17)22(16-31-25)13-14-30-18(2)19-4-6-20(7-5-19)21-8-10-23(11-9-21)26(27,28)29/h3-12,15-16,30-31H,2,13-14H2,1H3. The molecule has 0 saturated carbocycles. The van der Waals surface area contributed by atoms with Crippen LogP contribution in [0.25, 0.3) is 27.7 Å². The highest BCUT2D eigenvalue weighted by Gasteiger charge is 2.29. The van der Waals surface area contributed by atoms with Gasteiger partial charge in [-0.2, -0.15) is 13.2 Å². The van der Waals surface area contributed by atoms with Gasteiger partial charge < -0.3 is 10.3 Å². The van der Waals surface area contributed by atoms with E-state index in [-0.39, 0.29) is 0 Å². The summed E-state index contributed by atoms with van der Waals surface area (Å²) < 4.78 is 38.2. The number of hydrogen-bond donors (Lipinski definition) is 2. The second-order valence-corrected chi connectivity index (χ2v) is 7.67. The lowest BCUT2D eigenvalue weighted by atomic mass is 10.0. The fraction of sp³-hybridized carbons (Fsp3) is 0.154. The van der Waals surface area contributed by atoms with Crippen LogP contribution in [0.3, 0.4) is 0 Å². The lowest BCUT2D eigenvalue weighted by Gasteiger charge is -2.11. The molecular weight excluding hydrogens is 397 g/mol. The van der Waals surface area contributed by atoms with Crippen LogP contribution in [0.1, 0.15) is 22.3 Å². The van der Waals surface area contributed by atoms with Crippen molar-refractivity contribution in [2.75, 3.05) is 6.54 Å². The summed E-state index contributed by atoms with van der Waals surface area (Å²) in [7, 11) is 0. The molecule has 1 aromatic heterocycles. The predicted octanol–water partition coefficient (Wildman–Crippen LogP) is 6.97. The Labute approximate surface area is 179 Å². The van der Waals surface area contributed by atoms with Crippen LogP contribution in [0.2, 0.25) is 0 Å². The van der Waals surface area contributed by atoms with Crippen molar-refractivity contribution in [2.45, 2.75) is 19.5 Å². The number of aryl methyl sites for hydroxylation is 1. The van der Waals surface area contributed by atoms with Crippen molar-refractivity contribution in [3.63, 3.8) is 0 Å². The quantitative estimate of drug-likeness (QED) is 0.346. The molecule has 4 aromatic rings. The first kappa shape index (κ1) is 20.8. The van der Waals surface area contributed by atoms with Crippen molar-refractivity contribution in [1.82, 2.24) is 10.3 Å². The minimum atomic E-state index is -4.32. The molecule has 5 heteroatoms. The molecule has 1 heterocycles. The molecule has 0 spiro atoms. The molecule has 158 valence electrons. The van der Waals surface area contributed by atoms with E-state index >= 15 is 0 Å². The molecule has 31 heavy (non-hydrogen) atoms. The molecule has 4 rings (SSSR count). The molecule has 0 fully saturated rings. The molecule has 0 amide bonds. The number of benzene rings is 3. The van der Waals surface area contributed by atoms with Crippen molar-refractivity contribution < 1.29 is 13.2 Å². The van der Waals surface area contributed by atoms with E-state index in [1.54, 1.807) is 0 Å². The number of rotatable bonds is 6. The van der Waals surface area contributed by atoms with E-state index in [0.717, 1.165) is 53.0 Å². The van der Waals surface area contributed by atoms with Crippen LogP contribution in [0.15, 0.2) is 79.5 Å². The largest absolute Gasteiger partial charge is 0.416 e. The third-order valence-corrected chi connectivity index (χ3v) is 5.43.